The monoisotopic (exact) mass is 376 g/mol. The second-order valence-corrected chi connectivity index (χ2v) is 6.26. The standard InChI is InChI=1S/C17H16N2O6S/c1-11-12(4-2-5-13(11)19(23)24)18-16(21)10-25-17(22)8-7-14(20)15-6-3-9-26-15/h2-6,9H,7-8,10H2,1H3,(H,18,21). The first-order valence-corrected chi connectivity index (χ1v) is 8.52. The highest BCUT2D eigenvalue weighted by atomic mass is 32.1. The maximum absolute atomic E-state index is 11.9. The summed E-state index contributed by atoms with van der Waals surface area (Å²) in [7, 11) is 0. The fraction of sp³-hybridized carbons (Fsp3) is 0.235. The zero-order valence-electron chi connectivity index (χ0n) is 13.9. The average molecular weight is 376 g/mol. The Morgan fingerprint density at radius 2 is 1.96 bits per heavy atom. The number of nitrogens with zero attached hydrogens (tertiary/aromatic N) is 1. The fourth-order valence-corrected chi connectivity index (χ4v) is 2.83. The van der Waals surface area contributed by atoms with Crippen LogP contribution in [-0.4, -0.2) is 29.2 Å². The van der Waals surface area contributed by atoms with E-state index in [4.69, 9.17) is 4.74 Å². The van der Waals surface area contributed by atoms with E-state index < -0.39 is 23.4 Å². The Morgan fingerprint density at radius 3 is 2.62 bits per heavy atom. The number of nitrogens with one attached hydrogen (secondary N) is 1. The zero-order valence-corrected chi connectivity index (χ0v) is 14.7. The van der Waals surface area contributed by atoms with Crippen molar-refractivity contribution in [3.05, 3.63) is 56.3 Å². The van der Waals surface area contributed by atoms with E-state index in [0.29, 0.717) is 10.4 Å². The molecule has 0 aliphatic carbocycles. The summed E-state index contributed by atoms with van der Waals surface area (Å²) in [5.41, 5.74) is 0.457. The van der Waals surface area contributed by atoms with Crippen LogP contribution in [-0.2, 0) is 14.3 Å². The molecule has 0 fully saturated rings. The van der Waals surface area contributed by atoms with Gasteiger partial charge in [0.05, 0.1) is 27.5 Å². The van der Waals surface area contributed by atoms with Gasteiger partial charge in [-0.3, -0.25) is 24.5 Å². The van der Waals surface area contributed by atoms with Gasteiger partial charge in [0.15, 0.2) is 12.4 Å². The minimum Gasteiger partial charge on any atom is -0.456 e. The predicted octanol–water partition coefficient (Wildman–Crippen LogP) is 3.11. The van der Waals surface area contributed by atoms with E-state index in [1.54, 1.807) is 17.5 Å². The van der Waals surface area contributed by atoms with Crippen molar-refractivity contribution in [3.8, 4) is 0 Å². The molecule has 0 bridgehead atoms. The molecule has 136 valence electrons. The summed E-state index contributed by atoms with van der Waals surface area (Å²) in [6, 6.07) is 7.71. The molecule has 26 heavy (non-hydrogen) atoms. The predicted molar refractivity (Wildman–Crippen MR) is 95.3 cm³/mol. The molecule has 2 rings (SSSR count). The van der Waals surface area contributed by atoms with Gasteiger partial charge in [0.2, 0.25) is 0 Å². The highest BCUT2D eigenvalue weighted by molar-refractivity contribution is 7.12. The summed E-state index contributed by atoms with van der Waals surface area (Å²) in [5, 5.41) is 15.1. The lowest BCUT2D eigenvalue weighted by Gasteiger charge is -2.09. The molecule has 0 atom stereocenters. The molecular weight excluding hydrogens is 360 g/mol. The molecule has 1 aromatic heterocycles. The van der Waals surface area contributed by atoms with Crippen molar-refractivity contribution in [2.45, 2.75) is 19.8 Å². The van der Waals surface area contributed by atoms with Crippen molar-refractivity contribution >= 4 is 40.4 Å². The Bertz CT molecular complexity index is 832. The maximum atomic E-state index is 11.9. The Hall–Kier alpha value is -3.07. The van der Waals surface area contributed by atoms with E-state index in [2.05, 4.69) is 5.32 Å². The van der Waals surface area contributed by atoms with Crippen LogP contribution in [0, 0.1) is 17.0 Å². The molecule has 1 heterocycles. The molecule has 1 N–H and O–H groups in total. The van der Waals surface area contributed by atoms with Gasteiger partial charge in [-0.05, 0) is 24.4 Å². The van der Waals surface area contributed by atoms with Gasteiger partial charge in [0, 0.05) is 12.5 Å². The van der Waals surface area contributed by atoms with E-state index in [1.165, 1.54) is 36.5 Å². The first kappa shape index (κ1) is 19.3. The van der Waals surface area contributed by atoms with E-state index in [0.717, 1.165) is 0 Å². The van der Waals surface area contributed by atoms with Crippen LogP contribution in [0.15, 0.2) is 35.7 Å². The van der Waals surface area contributed by atoms with Crippen molar-refractivity contribution < 1.29 is 24.0 Å². The molecule has 8 nitrogen and oxygen atoms in total. The lowest BCUT2D eigenvalue weighted by atomic mass is 10.1. The normalized spacial score (nSPS) is 10.2. The number of nitro benzene ring substituents is 1. The van der Waals surface area contributed by atoms with Crippen molar-refractivity contribution in [3.63, 3.8) is 0 Å². The summed E-state index contributed by atoms with van der Waals surface area (Å²) in [4.78, 5) is 46.2. The average Bonchev–Trinajstić information content (AvgIpc) is 3.14. The maximum Gasteiger partial charge on any atom is 0.306 e. The molecule has 0 saturated carbocycles. The molecule has 0 unspecified atom stereocenters. The topological polar surface area (TPSA) is 116 Å². The number of amides is 1. The van der Waals surface area contributed by atoms with Crippen molar-refractivity contribution in [1.29, 1.82) is 0 Å². The van der Waals surface area contributed by atoms with Gasteiger partial charge in [-0.25, -0.2) is 0 Å². The number of thiophene rings is 1. The third kappa shape index (κ3) is 5.21. The summed E-state index contributed by atoms with van der Waals surface area (Å²) in [5.74, 6) is -1.44. The minimum atomic E-state index is -0.666. The number of esters is 1. The van der Waals surface area contributed by atoms with Gasteiger partial charge in [-0.15, -0.1) is 11.3 Å². The van der Waals surface area contributed by atoms with E-state index in [9.17, 15) is 24.5 Å². The summed E-state index contributed by atoms with van der Waals surface area (Å²) >= 11 is 1.29. The van der Waals surface area contributed by atoms with Crippen molar-refractivity contribution in [2.75, 3.05) is 11.9 Å². The molecular formula is C17H16N2O6S. The van der Waals surface area contributed by atoms with E-state index in [1.807, 2.05) is 0 Å². The molecule has 1 amide bonds. The van der Waals surface area contributed by atoms with Crippen molar-refractivity contribution in [1.82, 2.24) is 0 Å². The number of carbonyl (C=O) groups excluding carboxylic acids is 3. The largest absolute Gasteiger partial charge is 0.456 e. The van der Waals surface area contributed by atoms with Crippen LogP contribution in [0.4, 0.5) is 11.4 Å². The van der Waals surface area contributed by atoms with Gasteiger partial charge < -0.3 is 10.1 Å². The smallest absolute Gasteiger partial charge is 0.306 e. The Kier molecular flexibility index (Phi) is 6.56. The number of nitro groups is 1. The van der Waals surface area contributed by atoms with Crippen LogP contribution >= 0.6 is 11.3 Å². The molecule has 0 saturated heterocycles. The number of carbonyl (C=O) groups is 3. The number of ether oxygens (including phenoxy) is 1. The van der Waals surface area contributed by atoms with Crippen LogP contribution in [0.3, 0.4) is 0 Å². The van der Waals surface area contributed by atoms with E-state index >= 15 is 0 Å². The van der Waals surface area contributed by atoms with Gasteiger partial charge in [0.1, 0.15) is 0 Å². The van der Waals surface area contributed by atoms with Gasteiger partial charge >= 0.3 is 5.97 Å². The first-order chi connectivity index (χ1) is 12.4. The highest BCUT2D eigenvalue weighted by Crippen LogP contribution is 2.24. The number of Topliss-reactive ketones (excluding diaryl/α,β-unsaturated/α-hetero) is 1. The number of rotatable bonds is 8. The lowest BCUT2D eigenvalue weighted by Crippen LogP contribution is -2.21. The van der Waals surface area contributed by atoms with Crippen LogP contribution in [0.1, 0.15) is 28.1 Å². The quantitative estimate of drug-likeness (QED) is 0.327. The molecule has 0 aliphatic rings. The summed E-state index contributed by atoms with van der Waals surface area (Å²) in [6.45, 7) is 0.976. The third-order valence-electron chi connectivity index (χ3n) is 3.49. The second kappa shape index (κ2) is 8.86. The van der Waals surface area contributed by atoms with Crippen molar-refractivity contribution in [2.24, 2.45) is 0 Å². The zero-order chi connectivity index (χ0) is 19.1. The molecule has 0 radical (unpaired) electrons. The summed E-state index contributed by atoms with van der Waals surface area (Å²) < 4.78 is 4.83. The molecule has 0 aliphatic heterocycles. The van der Waals surface area contributed by atoms with Gasteiger partial charge in [-0.2, -0.15) is 0 Å². The number of hydrogen-bond donors (Lipinski definition) is 1. The highest BCUT2D eigenvalue weighted by Gasteiger charge is 2.16. The first-order valence-electron chi connectivity index (χ1n) is 7.64. The second-order valence-electron chi connectivity index (χ2n) is 5.32. The van der Waals surface area contributed by atoms with Gasteiger partial charge in [0.25, 0.3) is 11.6 Å². The fourth-order valence-electron chi connectivity index (χ4n) is 2.14. The molecule has 1 aromatic carbocycles. The van der Waals surface area contributed by atoms with Gasteiger partial charge in [-0.1, -0.05) is 12.1 Å². The Balaban J connectivity index is 1.80. The Labute approximate surface area is 152 Å². The number of hydrogen-bond acceptors (Lipinski definition) is 7. The van der Waals surface area contributed by atoms with Crippen LogP contribution in [0.5, 0.6) is 0 Å². The van der Waals surface area contributed by atoms with Crippen LogP contribution in [0.25, 0.3) is 0 Å². The summed E-state index contributed by atoms with van der Waals surface area (Å²) in [6.07, 6.45) is -0.120. The van der Waals surface area contributed by atoms with Crippen LogP contribution < -0.4 is 5.32 Å². The Morgan fingerprint density at radius 1 is 1.19 bits per heavy atom. The molecule has 2 aromatic rings. The SMILES string of the molecule is Cc1c(NC(=O)COC(=O)CCC(=O)c2cccs2)cccc1[N+](=O)[O-]. The molecule has 9 heteroatoms. The number of benzene rings is 1. The lowest BCUT2D eigenvalue weighted by molar-refractivity contribution is -0.385. The van der Waals surface area contributed by atoms with E-state index in [-0.39, 0.29) is 30.0 Å². The van der Waals surface area contributed by atoms with Crippen LogP contribution in [0.2, 0.25) is 0 Å². The minimum absolute atomic E-state index is 0.00491. The number of ketones is 1. The third-order valence-corrected chi connectivity index (χ3v) is 4.40. The number of anilines is 1. The molecule has 0 spiro atoms.